The average Bonchev–Trinajstić information content (AvgIpc) is 3.01. The van der Waals surface area contributed by atoms with Gasteiger partial charge in [0.2, 0.25) is 5.28 Å². The molecular formula is C11H8Cl2N2. The molecule has 0 N–H and O–H groups in total. The van der Waals surface area contributed by atoms with Crippen molar-refractivity contribution >= 4 is 34.1 Å². The summed E-state index contributed by atoms with van der Waals surface area (Å²) in [5.74, 6) is 0.548. The lowest BCUT2D eigenvalue weighted by Crippen LogP contribution is -1.93. The van der Waals surface area contributed by atoms with Gasteiger partial charge in [-0.3, -0.25) is 0 Å². The molecule has 0 radical (unpaired) electrons. The third-order valence-corrected chi connectivity index (χ3v) is 3.03. The molecule has 0 atom stereocenters. The lowest BCUT2D eigenvalue weighted by molar-refractivity contribution is 1.02. The van der Waals surface area contributed by atoms with Crippen LogP contribution in [0.2, 0.25) is 10.3 Å². The molecule has 0 spiro atoms. The Morgan fingerprint density at radius 2 is 1.93 bits per heavy atom. The Hall–Kier alpha value is -0.860. The summed E-state index contributed by atoms with van der Waals surface area (Å²) in [4.78, 5) is 8.48. The SMILES string of the molecule is Clc1ccc2nc(Cl)nc(C3CC3)c2c1. The number of rotatable bonds is 1. The van der Waals surface area contributed by atoms with Crippen molar-refractivity contribution in [2.24, 2.45) is 0 Å². The molecule has 1 saturated carbocycles. The summed E-state index contributed by atoms with van der Waals surface area (Å²) < 4.78 is 0. The van der Waals surface area contributed by atoms with Gasteiger partial charge in [0.05, 0.1) is 11.2 Å². The Kier molecular flexibility index (Phi) is 2.08. The van der Waals surface area contributed by atoms with E-state index in [4.69, 9.17) is 23.2 Å². The van der Waals surface area contributed by atoms with Crippen molar-refractivity contribution in [3.8, 4) is 0 Å². The van der Waals surface area contributed by atoms with Crippen molar-refractivity contribution in [2.75, 3.05) is 0 Å². The van der Waals surface area contributed by atoms with Gasteiger partial charge in [0.25, 0.3) is 0 Å². The first-order valence-electron chi connectivity index (χ1n) is 4.87. The van der Waals surface area contributed by atoms with Gasteiger partial charge in [0, 0.05) is 16.3 Å². The summed E-state index contributed by atoms with van der Waals surface area (Å²) in [5.41, 5.74) is 1.92. The summed E-state index contributed by atoms with van der Waals surface area (Å²) in [5, 5.41) is 2.08. The number of fused-ring (bicyclic) bond motifs is 1. The molecule has 0 bridgehead atoms. The van der Waals surface area contributed by atoms with Crippen molar-refractivity contribution in [1.82, 2.24) is 9.97 Å². The summed E-state index contributed by atoms with van der Waals surface area (Å²) >= 11 is 11.8. The van der Waals surface area contributed by atoms with Gasteiger partial charge in [0.15, 0.2) is 0 Å². The summed E-state index contributed by atoms with van der Waals surface area (Å²) in [6.07, 6.45) is 2.38. The van der Waals surface area contributed by atoms with Crippen LogP contribution < -0.4 is 0 Å². The van der Waals surface area contributed by atoms with Gasteiger partial charge in [-0.2, -0.15) is 0 Å². The van der Waals surface area contributed by atoms with Crippen molar-refractivity contribution < 1.29 is 0 Å². The standard InChI is InChI=1S/C11H8Cl2N2/c12-7-3-4-9-8(5-7)10(6-1-2-6)15-11(13)14-9/h3-6H,1-2H2. The van der Waals surface area contributed by atoms with Gasteiger partial charge in [-0.1, -0.05) is 11.6 Å². The van der Waals surface area contributed by atoms with E-state index in [-0.39, 0.29) is 0 Å². The zero-order chi connectivity index (χ0) is 10.4. The minimum absolute atomic E-state index is 0.326. The number of benzene rings is 1. The molecule has 0 saturated heterocycles. The van der Waals surface area contributed by atoms with Gasteiger partial charge in [-0.15, -0.1) is 0 Å². The normalized spacial score (nSPS) is 15.9. The fraction of sp³-hybridized carbons (Fsp3) is 0.273. The lowest BCUT2D eigenvalue weighted by Gasteiger charge is -2.04. The van der Waals surface area contributed by atoms with E-state index in [2.05, 4.69) is 9.97 Å². The van der Waals surface area contributed by atoms with Crippen molar-refractivity contribution in [1.29, 1.82) is 0 Å². The highest BCUT2D eigenvalue weighted by Gasteiger charge is 2.27. The van der Waals surface area contributed by atoms with Crippen LogP contribution in [0.4, 0.5) is 0 Å². The maximum Gasteiger partial charge on any atom is 0.223 e. The smallest absolute Gasteiger partial charge is 0.222 e. The highest BCUT2D eigenvalue weighted by molar-refractivity contribution is 6.31. The van der Waals surface area contributed by atoms with E-state index >= 15 is 0 Å². The van der Waals surface area contributed by atoms with Crippen LogP contribution in [-0.2, 0) is 0 Å². The predicted octanol–water partition coefficient (Wildman–Crippen LogP) is 3.81. The van der Waals surface area contributed by atoms with Gasteiger partial charge in [-0.05, 0) is 42.6 Å². The van der Waals surface area contributed by atoms with Crippen LogP contribution in [0.25, 0.3) is 10.9 Å². The number of hydrogen-bond donors (Lipinski definition) is 0. The predicted molar refractivity (Wildman–Crippen MR) is 61.5 cm³/mol. The van der Waals surface area contributed by atoms with Crippen LogP contribution in [-0.4, -0.2) is 9.97 Å². The lowest BCUT2D eigenvalue weighted by atomic mass is 10.1. The molecule has 2 aromatic rings. The molecule has 0 amide bonds. The molecule has 2 nitrogen and oxygen atoms in total. The van der Waals surface area contributed by atoms with E-state index in [1.54, 1.807) is 0 Å². The number of halogens is 2. The largest absolute Gasteiger partial charge is 0.223 e. The molecule has 1 heterocycles. The Bertz CT molecular complexity index is 535. The first-order chi connectivity index (χ1) is 7.24. The van der Waals surface area contributed by atoms with Crippen LogP contribution in [0, 0.1) is 0 Å². The third-order valence-electron chi connectivity index (χ3n) is 2.62. The molecule has 1 aliphatic rings. The van der Waals surface area contributed by atoms with Gasteiger partial charge >= 0.3 is 0 Å². The van der Waals surface area contributed by atoms with E-state index in [0.29, 0.717) is 11.2 Å². The second-order valence-electron chi connectivity index (χ2n) is 3.81. The highest BCUT2D eigenvalue weighted by Crippen LogP contribution is 2.42. The molecule has 0 unspecified atom stereocenters. The molecule has 15 heavy (non-hydrogen) atoms. The van der Waals surface area contributed by atoms with E-state index in [0.717, 1.165) is 21.6 Å². The zero-order valence-corrected chi connectivity index (χ0v) is 9.39. The van der Waals surface area contributed by atoms with Crippen LogP contribution in [0.3, 0.4) is 0 Å². The minimum atomic E-state index is 0.326. The maximum absolute atomic E-state index is 5.97. The van der Waals surface area contributed by atoms with E-state index in [1.165, 1.54) is 12.8 Å². The number of aromatic nitrogens is 2. The highest BCUT2D eigenvalue weighted by atomic mass is 35.5. The van der Waals surface area contributed by atoms with E-state index in [9.17, 15) is 0 Å². The molecule has 1 aliphatic carbocycles. The second kappa shape index (κ2) is 3.32. The molecule has 1 aromatic heterocycles. The van der Waals surface area contributed by atoms with Crippen molar-refractivity contribution in [3.63, 3.8) is 0 Å². The van der Waals surface area contributed by atoms with Crippen LogP contribution in [0.1, 0.15) is 24.5 Å². The molecule has 0 aliphatic heterocycles. The molecule has 3 rings (SSSR count). The minimum Gasteiger partial charge on any atom is -0.222 e. The molecule has 4 heteroatoms. The quantitative estimate of drug-likeness (QED) is 0.707. The summed E-state index contributed by atoms with van der Waals surface area (Å²) in [6.45, 7) is 0. The van der Waals surface area contributed by atoms with E-state index < -0.39 is 0 Å². The van der Waals surface area contributed by atoms with E-state index in [1.807, 2.05) is 18.2 Å². The number of hydrogen-bond acceptors (Lipinski definition) is 2. The second-order valence-corrected chi connectivity index (χ2v) is 4.59. The van der Waals surface area contributed by atoms with Crippen molar-refractivity contribution in [2.45, 2.75) is 18.8 Å². The average molecular weight is 239 g/mol. The fourth-order valence-corrected chi connectivity index (χ4v) is 2.12. The maximum atomic E-state index is 5.97. The Balaban J connectivity index is 2.34. The van der Waals surface area contributed by atoms with Crippen LogP contribution in [0.15, 0.2) is 18.2 Å². The summed E-state index contributed by atoms with van der Waals surface area (Å²) in [7, 11) is 0. The first-order valence-corrected chi connectivity index (χ1v) is 5.62. The molecule has 1 fully saturated rings. The molecule has 76 valence electrons. The van der Waals surface area contributed by atoms with Crippen molar-refractivity contribution in [3.05, 3.63) is 34.2 Å². The fourth-order valence-electron chi connectivity index (χ4n) is 1.76. The van der Waals surface area contributed by atoms with Gasteiger partial charge in [-0.25, -0.2) is 9.97 Å². The molecular weight excluding hydrogens is 231 g/mol. The first kappa shape index (κ1) is 9.37. The monoisotopic (exact) mass is 238 g/mol. The van der Waals surface area contributed by atoms with Gasteiger partial charge in [0.1, 0.15) is 0 Å². The van der Waals surface area contributed by atoms with Crippen LogP contribution in [0.5, 0.6) is 0 Å². The summed E-state index contributed by atoms with van der Waals surface area (Å²) in [6, 6.07) is 5.63. The number of nitrogens with zero attached hydrogens (tertiary/aromatic N) is 2. The Morgan fingerprint density at radius 1 is 1.13 bits per heavy atom. The van der Waals surface area contributed by atoms with Crippen LogP contribution >= 0.6 is 23.2 Å². The third kappa shape index (κ3) is 1.68. The topological polar surface area (TPSA) is 25.8 Å². The molecule has 1 aromatic carbocycles. The van der Waals surface area contributed by atoms with Gasteiger partial charge < -0.3 is 0 Å². The zero-order valence-electron chi connectivity index (χ0n) is 7.87. The Labute approximate surface area is 97.2 Å². The Morgan fingerprint density at radius 3 is 2.67 bits per heavy atom.